The molecule has 0 fully saturated rings. The Morgan fingerprint density at radius 3 is 2.28 bits per heavy atom. The SMILES string of the molecule is COC(=O)c1ccc(OCC(=O)NC(=S)Nc2ccc(C)cc2)cc1. The molecular weight excluding hydrogens is 340 g/mol. The fraction of sp³-hybridized carbons (Fsp3) is 0.167. The summed E-state index contributed by atoms with van der Waals surface area (Å²) in [5.41, 5.74) is 2.32. The van der Waals surface area contributed by atoms with Gasteiger partial charge >= 0.3 is 5.97 Å². The number of esters is 1. The second-order valence-corrected chi connectivity index (χ2v) is 5.58. The van der Waals surface area contributed by atoms with Gasteiger partial charge in [-0.2, -0.15) is 0 Å². The molecule has 0 spiro atoms. The Balaban J connectivity index is 1.79. The van der Waals surface area contributed by atoms with E-state index in [0.29, 0.717) is 11.3 Å². The summed E-state index contributed by atoms with van der Waals surface area (Å²) in [6.07, 6.45) is 0. The van der Waals surface area contributed by atoms with Crippen LogP contribution in [0.4, 0.5) is 5.69 Å². The van der Waals surface area contributed by atoms with Crippen LogP contribution in [0, 0.1) is 6.92 Å². The predicted molar refractivity (Wildman–Crippen MR) is 98.8 cm³/mol. The highest BCUT2D eigenvalue weighted by Gasteiger charge is 2.08. The van der Waals surface area contributed by atoms with Crippen molar-refractivity contribution in [3.8, 4) is 5.75 Å². The molecule has 0 saturated carbocycles. The quantitative estimate of drug-likeness (QED) is 0.632. The number of carbonyl (C=O) groups is 2. The van der Waals surface area contributed by atoms with Crippen molar-refractivity contribution in [3.63, 3.8) is 0 Å². The molecular formula is C18H18N2O4S. The van der Waals surface area contributed by atoms with E-state index in [2.05, 4.69) is 15.4 Å². The van der Waals surface area contributed by atoms with E-state index in [0.717, 1.165) is 11.3 Å². The molecule has 1 amide bonds. The Labute approximate surface area is 151 Å². The zero-order valence-corrected chi connectivity index (χ0v) is 14.7. The second-order valence-electron chi connectivity index (χ2n) is 5.17. The number of benzene rings is 2. The van der Waals surface area contributed by atoms with Gasteiger partial charge in [-0.25, -0.2) is 4.79 Å². The van der Waals surface area contributed by atoms with Crippen LogP contribution < -0.4 is 15.4 Å². The number of thiocarbonyl (C=S) groups is 1. The predicted octanol–water partition coefficient (Wildman–Crippen LogP) is 2.67. The zero-order valence-electron chi connectivity index (χ0n) is 13.9. The number of anilines is 1. The minimum absolute atomic E-state index is 0.193. The van der Waals surface area contributed by atoms with Gasteiger partial charge in [0.2, 0.25) is 0 Å². The molecule has 0 aromatic heterocycles. The van der Waals surface area contributed by atoms with E-state index in [1.807, 2.05) is 31.2 Å². The van der Waals surface area contributed by atoms with Crippen LogP contribution >= 0.6 is 12.2 Å². The molecule has 0 bridgehead atoms. The van der Waals surface area contributed by atoms with Crippen molar-refractivity contribution in [2.45, 2.75) is 6.92 Å². The van der Waals surface area contributed by atoms with Gasteiger partial charge in [-0.3, -0.25) is 10.1 Å². The van der Waals surface area contributed by atoms with Gasteiger partial charge in [0, 0.05) is 5.69 Å². The monoisotopic (exact) mass is 358 g/mol. The second kappa shape index (κ2) is 8.79. The van der Waals surface area contributed by atoms with E-state index in [1.165, 1.54) is 7.11 Å². The average molecular weight is 358 g/mol. The van der Waals surface area contributed by atoms with Crippen molar-refractivity contribution in [2.75, 3.05) is 19.0 Å². The summed E-state index contributed by atoms with van der Waals surface area (Å²) >= 11 is 5.09. The van der Waals surface area contributed by atoms with Crippen molar-refractivity contribution in [1.29, 1.82) is 0 Å². The van der Waals surface area contributed by atoms with E-state index in [1.54, 1.807) is 24.3 Å². The summed E-state index contributed by atoms with van der Waals surface area (Å²) in [5, 5.41) is 5.64. The lowest BCUT2D eigenvalue weighted by Crippen LogP contribution is -2.37. The molecule has 6 nitrogen and oxygen atoms in total. The van der Waals surface area contributed by atoms with Gasteiger partial charge in [0.1, 0.15) is 5.75 Å². The minimum Gasteiger partial charge on any atom is -0.484 e. The highest BCUT2D eigenvalue weighted by atomic mass is 32.1. The molecule has 0 heterocycles. The van der Waals surface area contributed by atoms with Gasteiger partial charge in [0.25, 0.3) is 5.91 Å². The number of carbonyl (C=O) groups excluding carboxylic acids is 2. The molecule has 2 aromatic rings. The third-order valence-electron chi connectivity index (χ3n) is 3.21. The largest absolute Gasteiger partial charge is 0.484 e. The Bertz CT molecular complexity index is 758. The third-order valence-corrected chi connectivity index (χ3v) is 3.41. The topological polar surface area (TPSA) is 76.7 Å². The molecule has 0 radical (unpaired) electrons. The molecule has 2 aromatic carbocycles. The third kappa shape index (κ3) is 5.89. The molecule has 25 heavy (non-hydrogen) atoms. The van der Waals surface area contributed by atoms with Crippen molar-refractivity contribution in [3.05, 3.63) is 59.7 Å². The van der Waals surface area contributed by atoms with Crippen LogP contribution in [-0.4, -0.2) is 30.7 Å². The van der Waals surface area contributed by atoms with Gasteiger partial charge in [0.15, 0.2) is 11.7 Å². The van der Waals surface area contributed by atoms with Crippen molar-refractivity contribution < 1.29 is 19.1 Å². The van der Waals surface area contributed by atoms with Gasteiger partial charge in [-0.05, 0) is 55.5 Å². The molecule has 0 aliphatic heterocycles. The molecule has 0 aliphatic rings. The average Bonchev–Trinajstić information content (AvgIpc) is 2.61. The maximum absolute atomic E-state index is 11.9. The van der Waals surface area contributed by atoms with Crippen LogP contribution in [0.1, 0.15) is 15.9 Å². The number of nitrogens with one attached hydrogen (secondary N) is 2. The summed E-state index contributed by atoms with van der Waals surface area (Å²) in [4.78, 5) is 23.2. The first kappa shape index (κ1) is 18.4. The number of aryl methyl sites for hydroxylation is 1. The van der Waals surface area contributed by atoms with Gasteiger partial charge < -0.3 is 14.8 Å². The van der Waals surface area contributed by atoms with Crippen LogP contribution in [0.25, 0.3) is 0 Å². The summed E-state index contributed by atoms with van der Waals surface area (Å²) in [5.74, 6) is -0.362. The first-order chi connectivity index (χ1) is 12.0. The van der Waals surface area contributed by atoms with E-state index >= 15 is 0 Å². The minimum atomic E-state index is -0.433. The van der Waals surface area contributed by atoms with Crippen LogP contribution in [0.15, 0.2) is 48.5 Å². The molecule has 2 rings (SSSR count). The Morgan fingerprint density at radius 1 is 1.04 bits per heavy atom. The number of ether oxygens (including phenoxy) is 2. The maximum atomic E-state index is 11.9. The summed E-state index contributed by atoms with van der Waals surface area (Å²) < 4.78 is 9.96. The molecule has 7 heteroatoms. The molecule has 0 saturated heterocycles. The fourth-order valence-electron chi connectivity index (χ4n) is 1.92. The molecule has 0 atom stereocenters. The van der Waals surface area contributed by atoms with E-state index in [9.17, 15) is 9.59 Å². The van der Waals surface area contributed by atoms with Crippen molar-refractivity contribution in [1.82, 2.24) is 5.32 Å². The van der Waals surface area contributed by atoms with Gasteiger partial charge in [-0.1, -0.05) is 17.7 Å². The summed E-state index contributed by atoms with van der Waals surface area (Å²) in [6.45, 7) is 1.78. The van der Waals surface area contributed by atoms with Crippen LogP contribution in [0.3, 0.4) is 0 Å². The lowest BCUT2D eigenvalue weighted by Gasteiger charge is -2.10. The van der Waals surface area contributed by atoms with Gasteiger partial charge in [-0.15, -0.1) is 0 Å². The molecule has 2 N–H and O–H groups in total. The zero-order chi connectivity index (χ0) is 18.2. The number of hydrogen-bond donors (Lipinski definition) is 2. The number of methoxy groups -OCH3 is 1. The first-order valence-corrected chi connectivity index (χ1v) is 7.87. The maximum Gasteiger partial charge on any atom is 0.337 e. The Hall–Kier alpha value is -2.93. The number of rotatable bonds is 5. The normalized spacial score (nSPS) is 9.84. The highest BCUT2D eigenvalue weighted by molar-refractivity contribution is 7.80. The molecule has 0 aliphatic carbocycles. The van der Waals surface area contributed by atoms with Crippen LogP contribution in [0.5, 0.6) is 5.75 Å². The molecule has 0 unspecified atom stereocenters. The highest BCUT2D eigenvalue weighted by Crippen LogP contribution is 2.12. The lowest BCUT2D eigenvalue weighted by atomic mass is 10.2. The molecule has 130 valence electrons. The number of amides is 1. The lowest BCUT2D eigenvalue weighted by molar-refractivity contribution is -0.121. The van der Waals surface area contributed by atoms with E-state index in [4.69, 9.17) is 17.0 Å². The Morgan fingerprint density at radius 2 is 1.68 bits per heavy atom. The Kier molecular flexibility index (Phi) is 6.47. The smallest absolute Gasteiger partial charge is 0.337 e. The van der Waals surface area contributed by atoms with Crippen LogP contribution in [0.2, 0.25) is 0 Å². The van der Waals surface area contributed by atoms with Crippen LogP contribution in [-0.2, 0) is 9.53 Å². The van der Waals surface area contributed by atoms with Crippen molar-refractivity contribution in [2.24, 2.45) is 0 Å². The summed E-state index contributed by atoms with van der Waals surface area (Å²) in [6, 6.07) is 13.9. The van der Waals surface area contributed by atoms with E-state index < -0.39 is 5.97 Å². The number of hydrogen-bond acceptors (Lipinski definition) is 5. The van der Waals surface area contributed by atoms with Crippen molar-refractivity contribution >= 4 is 34.9 Å². The first-order valence-electron chi connectivity index (χ1n) is 7.46. The summed E-state index contributed by atoms with van der Waals surface area (Å²) in [7, 11) is 1.31. The van der Waals surface area contributed by atoms with Gasteiger partial charge in [0.05, 0.1) is 12.7 Å². The fourth-order valence-corrected chi connectivity index (χ4v) is 2.15. The standard InChI is InChI=1S/C18H18N2O4S/c1-12-3-7-14(8-4-12)19-18(25)20-16(21)11-24-15-9-5-13(6-10-15)17(22)23-2/h3-10H,11H2,1-2H3,(H2,19,20,21,25). The van der Waals surface area contributed by atoms with E-state index in [-0.39, 0.29) is 17.6 Å².